The Morgan fingerprint density at radius 3 is 2.64 bits per heavy atom. The molecule has 1 N–H and O–H groups in total. The number of methoxy groups -OCH3 is 1. The number of amides is 1. The highest BCUT2D eigenvalue weighted by atomic mass is 32.2. The molecule has 1 aliphatic rings. The topological polar surface area (TPSA) is 89.5 Å². The van der Waals surface area contributed by atoms with Gasteiger partial charge in [0.15, 0.2) is 5.16 Å². The van der Waals surface area contributed by atoms with Gasteiger partial charge in [-0.3, -0.25) is 0 Å². The minimum absolute atomic E-state index is 0.0316. The standard InChI is InChI=1S/C25H30FN5O3S2/c1-25(2,3)34-24(32)31-12-6-7-17(13-31)27-20-19(21(33-4)30-23(29-20)35-5)22-28-18(14-36-22)15-8-10-16(26)11-9-15/h8-11,14,17H,6-7,12-13H2,1-5H3,(H,27,29,30)/t17-/m1/s1. The molecule has 3 heterocycles. The third-order valence-corrected chi connectivity index (χ3v) is 6.91. The quantitative estimate of drug-likeness (QED) is 0.308. The van der Waals surface area contributed by atoms with E-state index in [4.69, 9.17) is 19.4 Å². The van der Waals surface area contributed by atoms with Gasteiger partial charge in [-0.15, -0.1) is 11.3 Å². The Labute approximate surface area is 218 Å². The van der Waals surface area contributed by atoms with Crippen LogP contribution in [0.4, 0.5) is 15.0 Å². The summed E-state index contributed by atoms with van der Waals surface area (Å²) in [6.07, 6.45) is 3.30. The molecule has 1 amide bonds. The Morgan fingerprint density at radius 1 is 1.22 bits per heavy atom. The van der Waals surface area contributed by atoms with E-state index in [0.717, 1.165) is 24.1 Å². The van der Waals surface area contributed by atoms with Gasteiger partial charge in [0.05, 0.1) is 12.8 Å². The van der Waals surface area contributed by atoms with Gasteiger partial charge < -0.3 is 19.7 Å². The first-order valence-electron chi connectivity index (χ1n) is 11.6. The van der Waals surface area contributed by atoms with Gasteiger partial charge in [0.2, 0.25) is 5.88 Å². The van der Waals surface area contributed by atoms with Crippen LogP contribution in [0, 0.1) is 5.82 Å². The molecule has 1 aliphatic heterocycles. The van der Waals surface area contributed by atoms with Crippen molar-refractivity contribution >= 4 is 35.0 Å². The number of nitrogens with one attached hydrogen (secondary N) is 1. The van der Waals surface area contributed by atoms with Gasteiger partial charge in [-0.05, 0) is 64.1 Å². The zero-order valence-corrected chi connectivity index (χ0v) is 22.6. The molecule has 8 nitrogen and oxygen atoms in total. The van der Waals surface area contributed by atoms with E-state index in [0.29, 0.717) is 40.5 Å². The number of benzene rings is 1. The predicted octanol–water partition coefficient (Wildman–Crippen LogP) is 5.95. The number of likely N-dealkylation sites (tertiary alicyclic amines) is 1. The first-order chi connectivity index (χ1) is 17.2. The molecule has 0 unspecified atom stereocenters. The van der Waals surface area contributed by atoms with Crippen molar-refractivity contribution in [2.45, 2.75) is 50.4 Å². The van der Waals surface area contributed by atoms with Crippen molar-refractivity contribution in [3.63, 3.8) is 0 Å². The van der Waals surface area contributed by atoms with Crippen LogP contribution in [0.25, 0.3) is 21.8 Å². The molecule has 11 heteroatoms. The van der Waals surface area contributed by atoms with E-state index in [1.165, 1.54) is 35.2 Å². The van der Waals surface area contributed by atoms with Gasteiger partial charge in [-0.25, -0.2) is 19.2 Å². The van der Waals surface area contributed by atoms with Gasteiger partial charge in [0, 0.05) is 30.1 Å². The molecule has 1 aromatic carbocycles. The molecular formula is C25H30FN5O3S2. The second-order valence-electron chi connectivity index (χ2n) is 9.40. The number of ether oxygens (including phenoxy) is 2. The third kappa shape index (κ3) is 6.25. The number of carbonyl (C=O) groups excluding carboxylic acids is 1. The molecule has 2 aromatic heterocycles. The van der Waals surface area contributed by atoms with Gasteiger partial charge >= 0.3 is 6.09 Å². The van der Waals surface area contributed by atoms with Crippen molar-refractivity contribution in [1.82, 2.24) is 19.9 Å². The minimum Gasteiger partial charge on any atom is -0.480 e. The second-order valence-corrected chi connectivity index (χ2v) is 11.0. The van der Waals surface area contributed by atoms with E-state index in [-0.39, 0.29) is 18.0 Å². The van der Waals surface area contributed by atoms with Crippen LogP contribution in [0.1, 0.15) is 33.6 Å². The van der Waals surface area contributed by atoms with E-state index >= 15 is 0 Å². The molecule has 192 valence electrons. The van der Waals surface area contributed by atoms with Crippen LogP contribution in [-0.4, -0.2) is 64.0 Å². The van der Waals surface area contributed by atoms with Gasteiger partial charge in [0.25, 0.3) is 0 Å². The molecule has 0 saturated carbocycles. The van der Waals surface area contributed by atoms with Gasteiger partial charge in [-0.1, -0.05) is 11.8 Å². The maximum atomic E-state index is 13.4. The molecule has 0 spiro atoms. The lowest BCUT2D eigenvalue weighted by Crippen LogP contribution is -2.47. The van der Waals surface area contributed by atoms with Crippen molar-refractivity contribution in [2.75, 3.05) is 31.8 Å². The van der Waals surface area contributed by atoms with E-state index in [9.17, 15) is 9.18 Å². The fourth-order valence-electron chi connectivity index (χ4n) is 3.88. The molecule has 1 saturated heterocycles. The first-order valence-corrected chi connectivity index (χ1v) is 13.7. The average molecular weight is 532 g/mol. The number of thiazole rings is 1. The normalized spacial score (nSPS) is 16.1. The Morgan fingerprint density at radius 2 is 1.97 bits per heavy atom. The summed E-state index contributed by atoms with van der Waals surface area (Å²) >= 11 is 2.85. The van der Waals surface area contributed by atoms with Crippen LogP contribution in [0.5, 0.6) is 5.88 Å². The highest BCUT2D eigenvalue weighted by Crippen LogP contribution is 2.39. The van der Waals surface area contributed by atoms with Crippen LogP contribution >= 0.6 is 23.1 Å². The zero-order chi connectivity index (χ0) is 25.9. The lowest BCUT2D eigenvalue weighted by Gasteiger charge is -2.34. The first kappa shape index (κ1) is 26.2. The summed E-state index contributed by atoms with van der Waals surface area (Å²) in [5, 5.41) is 6.69. The van der Waals surface area contributed by atoms with Crippen LogP contribution in [0.15, 0.2) is 34.8 Å². The minimum atomic E-state index is -0.551. The molecule has 1 atom stereocenters. The molecule has 4 rings (SSSR count). The van der Waals surface area contributed by atoms with Crippen molar-refractivity contribution in [3.8, 4) is 27.7 Å². The molecule has 0 aliphatic carbocycles. The largest absolute Gasteiger partial charge is 0.480 e. The number of hydrogen-bond donors (Lipinski definition) is 1. The lowest BCUT2D eigenvalue weighted by atomic mass is 10.1. The van der Waals surface area contributed by atoms with Crippen molar-refractivity contribution in [1.29, 1.82) is 0 Å². The number of halogens is 1. The van der Waals surface area contributed by atoms with E-state index < -0.39 is 5.60 Å². The summed E-state index contributed by atoms with van der Waals surface area (Å²) in [5.41, 5.74) is 1.65. The molecule has 0 radical (unpaired) electrons. The molecule has 36 heavy (non-hydrogen) atoms. The summed E-state index contributed by atoms with van der Waals surface area (Å²) < 4.78 is 24.6. The number of hydrogen-bond acceptors (Lipinski definition) is 9. The van der Waals surface area contributed by atoms with E-state index in [1.807, 2.05) is 32.4 Å². The molecule has 3 aromatic rings. The highest BCUT2D eigenvalue weighted by molar-refractivity contribution is 7.98. The number of nitrogens with zero attached hydrogens (tertiary/aromatic N) is 4. The summed E-state index contributed by atoms with van der Waals surface area (Å²) in [7, 11) is 1.57. The summed E-state index contributed by atoms with van der Waals surface area (Å²) in [6.45, 7) is 6.73. The zero-order valence-electron chi connectivity index (χ0n) is 21.0. The number of aromatic nitrogens is 3. The van der Waals surface area contributed by atoms with Crippen molar-refractivity contribution < 1.29 is 18.7 Å². The SMILES string of the molecule is COc1nc(SC)nc(N[C@@H]2CCCN(C(=O)OC(C)(C)C)C2)c1-c1nc(-c2ccc(F)cc2)cs1. The molecular weight excluding hydrogens is 501 g/mol. The fraction of sp³-hybridized carbons (Fsp3) is 0.440. The van der Waals surface area contributed by atoms with Crippen LogP contribution in [-0.2, 0) is 4.74 Å². The maximum absolute atomic E-state index is 13.4. The number of anilines is 1. The Bertz CT molecular complexity index is 1210. The molecule has 1 fully saturated rings. The summed E-state index contributed by atoms with van der Waals surface area (Å²) in [6, 6.07) is 6.20. The fourth-order valence-corrected chi connectivity index (χ4v) is 5.10. The predicted molar refractivity (Wildman–Crippen MR) is 141 cm³/mol. The Kier molecular flexibility index (Phi) is 7.99. The highest BCUT2D eigenvalue weighted by Gasteiger charge is 2.29. The summed E-state index contributed by atoms with van der Waals surface area (Å²) in [4.78, 5) is 28.4. The van der Waals surface area contributed by atoms with Crippen LogP contribution in [0.2, 0.25) is 0 Å². The van der Waals surface area contributed by atoms with Crippen molar-refractivity contribution in [2.24, 2.45) is 0 Å². The van der Waals surface area contributed by atoms with Crippen molar-refractivity contribution in [3.05, 3.63) is 35.5 Å². The average Bonchev–Trinajstić information content (AvgIpc) is 3.32. The van der Waals surface area contributed by atoms with E-state index in [2.05, 4.69) is 10.3 Å². The second kappa shape index (κ2) is 11.0. The number of rotatable bonds is 6. The third-order valence-electron chi connectivity index (χ3n) is 5.50. The summed E-state index contributed by atoms with van der Waals surface area (Å²) in [5.74, 6) is 0.718. The van der Waals surface area contributed by atoms with Crippen LogP contribution < -0.4 is 10.1 Å². The van der Waals surface area contributed by atoms with Gasteiger partial charge in [0.1, 0.15) is 27.8 Å². The number of carbonyl (C=O) groups is 1. The monoisotopic (exact) mass is 531 g/mol. The number of thioether (sulfide) groups is 1. The van der Waals surface area contributed by atoms with Gasteiger partial charge in [-0.2, -0.15) is 4.98 Å². The lowest BCUT2D eigenvalue weighted by molar-refractivity contribution is 0.0206. The smallest absolute Gasteiger partial charge is 0.410 e. The molecule has 0 bridgehead atoms. The maximum Gasteiger partial charge on any atom is 0.410 e. The Hall–Kier alpha value is -2.92. The van der Waals surface area contributed by atoms with Crippen LogP contribution in [0.3, 0.4) is 0 Å². The Balaban J connectivity index is 1.64. The number of piperidine rings is 1. The van der Waals surface area contributed by atoms with E-state index in [1.54, 1.807) is 24.1 Å².